The molecule has 376 valence electrons. The SMILES string of the molecule is CC/C=C\C/C=C\C/C=C\C/C=C\C/C=C\CCCC(=O)OC[C@@H](COCCCCCCCCCCCCCCCCCC)OC(=O)CCC/C=C\C/C=C\C/C=C\C/C=C\CCCCC. The van der Waals surface area contributed by atoms with E-state index in [1.54, 1.807) is 0 Å². The largest absolute Gasteiger partial charge is 0.462 e. The maximum Gasteiger partial charge on any atom is 0.306 e. The van der Waals surface area contributed by atoms with Crippen molar-refractivity contribution in [2.75, 3.05) is 19.8 Å². The van der Waals surface area contributed by atoms with Crippen molar-refractivity contribution in [2.24, 2.45) is 0 Å². The molecule has 5 heteroatoms. The Bertz CT molecular complexity index is 1310. The first-order valence-electron chi connectivity index (χ1n) is 27.4. The second kappa shape index (κ2) is 55.9. The molecule has 66 heavy (non-hydrogen) atoms. The number of ether oxygens (including phenoxy) is 3. The molecule has 0 rings (SSSR count). The van der Waals surface area contributed by atoms with Crippen LogP contribution in [0.3, 0.4) is 0 Å². The van der Waals surface area contributed by atoms with Crippen LogP contribution in [0.15, 0.2) is 109 Å². The normalized spacial score (nSPS) is 13.1. The van der Waals surface area contributed by atoms with Crippen LogP contribution < -0.4 is 0 Å². The summed E-state index contributed by atoms with van der Waals surface area (Å²) in [6, 6.07) is 0. The van der Waals surface area contributed by atoms with E-state index in [0.717, 1.165) is 89.9 Å². The van der Waals surface area contributed by atoms with E-state index in [4.69, 9.17) is 14.2 Å². The fourth-order valence-electron chi connectivity index (χ4n) is 7.24. The van der Waals surface area contributed by atoms with Gasteiger partial charge in [0.25, 0.3) is 0 Å². The maximum absolute atomic E-state index is 12.8. The van der Waals surface area contributed by atoms with E-state index < -0.39 is 6.10 Å². The predicted octanol–water partition coefficient (Wildman–Crippen LogP) is 18.8. The molecule has 0 aromatic rings. The summed E-state index contributed by atoms with van der Waals surface area (Å²) in [6.45, 7) is 7.58. The highest BCUT2D eigenvalue weighted by Crippen LogP contribution is 2.14. The quantitative estimate of drug-likeness (QED) is 0.0346. The second-order valence-electron chi connectivity index (χ2n) is 17.8. The molecular weight excluding hydrogens is 813 g/mol. The Hall–Kier alpha value is -3.44. The minimum Gasteiger partial charge on any atom is -0.462 e. The van der Waals surface area contributed by atoms with Gasteiger partial charge in [0.2, 0.25) is 0 Å². The van der Waals surface area contributed by atoms with Gasteiger partial charge in [-0.25, -0.2) is 0 Å². The summed E-state index contributed by atoms with van der Waals surface area (Å²) in [6.07, 6.45) is 76.8. The van der Waals surface area contributed by atoms with Crippen LogP contribution in [0.1, 0.15) is 239 Å². The highest BCUT2D eigenvalue weighted by Gasteiger charge is 2.17. The van der Waals surface area contributed by atoms with Crippen LogP contribution in [0.2, 0.25) is 0 Å². The van der Waals surface area contributed by atoms with E-state index in [1.807, 2.05) is 0 Å². The lowest BCUT2D eigenvalue weighted by atomic mass is 10.0. The molecule has 0 aromatic carbocycles. The van der Waals surface area contributed by atoms with Crippen LogP contribution in [0.4, 0.5) is 0 Å². The van der Waals surface area contributed by atoms with E-state index in [9.17, 15) is 9.59 Å². The third-order valence-corrected chi connectivity index (χ3v) is 11.3. The van der Waals surface area contributed by atoms with Gasteiger partial charge in [-0.2, -0.15) is 0 Å². The van der Waals surface area contributed by atoms with Crippen molar-refractivity contribution in [1.82, 2.24) is 0 Å². The van der Waals surface area contributed by atoms with Crippen LogP contribution in [0.25, 0.3) is 0 Å². The second-order valence-corrected chi connectivity index (χ2v) is 17.8. The molecule has 0 N–H and O–H groups in total. The first kappa shape index (κ1) is 62.6. The van der Waals surface area contributed by atoms with E-state index in [0.29, 0.717) is 19.4 Å². The molecule has 0 spiro atoms. The van der Waals surface area contributed by atoms with Gasteiger partial charge >= 0.3 is 11.9 Å². The molecule has 0 amide bonds. The van der Waals surface area contributed by atoms with Crippen LogP contribution in [-0.2, 0) is 23.8 Å². The Morgan fingerprint density at radius 1 is 0.348 bits per heavy atom. The molecule has 0 aliphatic heterocycles. The van der Waals surface area contributed by atoms with Gasteiger partial charge in [0.1, 0.15) is 6.61 Å². The number of unbranched alkanes of at least 4 members (excludes halogenated alkanes) is 20. The molecule has 0 aromatic heterocycles. The van der Waals surface area contributed by atoms with E-state index in [-0.39, 0.29) is 25.2 Å². The molecule has 0 unspecified atom stereocenters. The standard InChI is InChI=1S/C61H102O5/c1-4-7-10-13-16-19-22-25-28-31-33-36-39-42-45-48-51-54-60(62)65-58-59(57-64-56-53-50-47-44-41-38-35-30-27-24-21-18-15-12-9-6-3)66-61(63)55-52-49-46-43-40-37-34-32-29-26-23-20-17-14-11-8-5-2/h7,10,16-17,19-20,25-26,28-29,33-34,36-37,42-43,45-46,59H,4-6,8-9,11-15,18,21-24,27,30-32,35,38-41,44,47-58H2,1-3H3/b10-7-,19-16-,20-17-,28-25-,29-26-,36-33-,37-34-,45-42-,46-43-/t59-/m1/s1. The van der Waals surface area contributed by atoms with Gasteiger partial charge in [0, 0.05) is 19.4 Å². The Labute approximate surface area is 408 Å². The number of hydrogen-bond donors (Lipinski definition) is 0. The molecule has 0 saturated carbocycles. The van der Waals surface area contributed by atoms with E-state index >= 15 is 0 Å². The summed E-state index contributed by atoms with van der Waals surface area (Å²) in [5, 5.41) is 0. The van der Waals surface area contributed by atoms with Crippen molar-refractivity contribution in [3.63, 3.8) is 0 Å². The molecule has 0 bridgehead atoms. The van der Waals surface area contributed by atoms with Crippen LogP contribution in [0, 0.1) is 0 Å². The number of esters is 2. The average Bonchev–Trinajstić information content (AvgIpc) is 3.32. The van der Waals surface area contributed by atoms with Crippen molar-refractivity contribution >= 4 is 11.9 Å². The zero-order chi connectivity index (χ0) is 47.7. The van der Waals surface area contributed by atoms with Crippen LogP contribution in [0.5, 0.6) is 0 Å². The summed E-state index contributed by atoms with van der Waals surface area (Å²) in [5.41, 5.74) is 0. The zero-order valence-corrected chi connectivity index (χ0v) is 43.2. The monoisotopic (exact) mass is 915 g/mol. The molecule has 0 saturated heterocycles. The van der Waals surface area contributed by atoms with E-state index in [2.05, 4.69) is 130 Å². The third-order valence-electron chi connectivity index (χ3n) is 11.3. The van der Waals surface area contributed by atoms with Gasteiger partial charge in [-0.1, -0.05) is 239 Å². The lowest BCUT2D eigenvalue weighted by Crippen LogP contribution is -2.30. The van der Waals surface area contributed by atoms with Crippen molar-refractivity contribution in [3.05, 3.63) is 109 Å². The van der Waals surface area contributed by atoms with Gasteiger partial charge in [-0.3, -0.25) is 9.59 Å². The Kier molecular flexibility index (Phi) is 53.0. The number of carbonyl (C=O) groups is 2. The smallest absolute Gasteiger partial charge is 0.306 e. The average molecular weight is 915 g/mol. The Morgan fingerprint density at radius 3 is 1.09 bits per heavy atom. The minimum atomic E-state index is -0.593. The number of rotatable bonds is 49. The summed E-state index contributed by atoms with van der Waals surface area (Å²) in [7, 11) is 0. The molecule has 1 atom stereocenters. The topological polar surface area (TPSA) is 61.8 Å². The van der Waals surface area contributed by atoms with Crippen molar-refractivity contribution in [1.29, 1.82) is 0 Å². The van der Waals surface area contributed by atoms with Gasteiger partial charge in [0.05, 0.1) is 6.61 Å². The fourth-order valence-corrected chi connectivity index (χ4v) is 7.24. The molecule has 0 fully saturated rings. The maximum atomic E-state index is 12.8. The van der Waals surface area contributed by atoms with Crippen LogP contribution >= 0.6 is 0 Å². The minimum absolute atomic E-state index is 0.0301. The number of allylic oxidation sites excluding steroid dienone is 18. The molecule has 0 heterocycles. The van der Waals surface area contributed by atoms with Gasteiger partial charge in [-0.05, 0) is 96.3 Å². The third kappa shape index (κ3) is 53.2. The molecule has 0 aliphatic rings. The Balaban J connectivity index is 4.46. The Morgan fingerprint density at radius 2 is 0.682 bits per heavy atom. The molecular formula is C61H102O5. The number of carbonyl (C=O) groups excluding carboxylic acids is 2. The molecule has 0 radical (unpaired) electrons. The summed E-state index contributed by atoms with van der Waals surface area (Å²) < 4.78 is 17.3. The predicted molar refractivity (Wildman–Crippen MR) is 288 cm³/mol. The van der Waals surface area contributed by atoms with Gasteiger partial charge in [-0.15, -0.1) is 0 Å². The molecule has 5 nitrogen and oxygen atoms in total. The van der Waals surface area contributed by atoms with Crippen LogP contribution in [-0.4, -0.2) is 37.9 Å². The van der Waals surface area contributed by atoms with Gasteiger partial charge in [0.15, 0.2) is 6.10 Å². The highest BCUT2D eigenvalue weighted by atomic mass is 16.6. The highest BCUT2D eigenvalue weighted by molar-refractivity contribution is 5.70. The lowest BCUT2D eigenvalue weighted by Gasteiger charge is -2.18. The first-order valence-corrected chi connectivity index (χ1v) is 27.4. The lowest BCUT2D eigenvalue weighted by molar-refractivity contribution is -0.162. The van der Waals surface area contributed by atoms with Crippen molar-refractivity contribution in [2.45, 2.75) is 245 Å². The summed E-state index contributed by atoms with van der Waals surface area (Å²) in [5.74, 6) is -0.530. The number of hydrogen-bond acceptors (Lipinski definition) is 5. The summed E-state index contributed by atoms with van der Waals surface area (Å²) in [4.78, 5) is 25.4. The van der Waals surface area contributed by atoms with E-state index in [1.165, 1.54) is 116 Å². The van der Waals surface area contributed by atoms with Crippen molar-refractivity contribution in [3.8, 4) is 0 Å². The first-order chi connectivity index (χ1) is 32.6. The van der Waals surface area contributed by atoms with Gasteiger partial charge < -0.3 is 14.2 Å². The van der Waals surface area contributed by atoms with Crippen molar-refractivity contribution < 1.29 is 23.8 Å². The molecule has 0 aliphatic carbocycles. The fraction of sp³-hybridized carbons (Fsp3) is 0.672. The summed E-state index contributed by atoms with van der Waals surface area (Å²) >= 11 is 0. The zero-order valence-electron chi connectivity index (χ0n) is 43.2.